The molecule has 3 heteroatoms. The van der Waals surface area contributed by atoms with Gasteiger partial charge in [0.05, 0.1) is 0 Å². The van der Waals surface area contributed by atoms with Gasteiger partial charge in [0.1, 0.15) is 0 Å². The minimum absolute atomic E-state index is 0.162. The molecule has 0 saturated carbocycles. The minimum atomic E-state index is -0.162. The average Bonchev–Trinajstić information content (AvgIpc) is 2.51. The Bertz CT molecular complexity index is 299. The lowest BCUT2D eigenvalue weighted by Gasteiger charge is -2.22. The van der Waals surface area contributed by atoms with Crippen molar-refractivity contribution in [3.05, 3.63) is 24.3 Å². The number of rotatable bonds is 2. The predicted molar refractivity (Wildman–Crippen MR) is 52.3 cm³/mol. The van der Waals surface area contributed by atoms with Crippen molar-refractivity contribution in [2.75, 3.05) is 6.54 Å². The van der Waals surface area contributed by atoms with E-state index >= 15 is 0 Å². The number of carbonyl (C=O) groups excluding carboxylic acids is 2. The first kappa shape index (κ1) is 9.19. The summed E-state index contributed by atoms with van der Waals surface area (Å²) in [6.07, 6.45) is 10.1. The number of hydrogen-bond acceptors (Lipinski definition) is 2. The van der Waals surface area contributed by atoms with Gasteiger partial charge >= 0.3 is 0 Å². The Balaban J connectivity index is 1.94. The van der Waals surface area contributed by atoms with Crippen LogP contribution < -0.4 is 0 Å². The van der Waals surface area contributed by atoms with Crippen molar-refractivity contribution in [1.82, 2.24) is 4.90 Å². The topological polar surface area (TPSA) is 37.4 Å². The smallest absolute Gasteiger partial charge is 0.253 e. The largest absolute Gasteiger partial charge is 0.275 e. The summed E-state index contributed by atoms with van der Waals surface area (Å²) in [6, 6.07) is 0. The van der Waals surface area contributed by atoms with E-state index in [4.69, 9.17) is 0 Å². The molecule has 0 spiro atoms. The Hall–Kier alpha value is -1.38. The molecule has 1 heterocycles. The van der Waals surface area contributed by atoms with Gasteiger partial charge in [-0.3, -0.25) is 14.5 Å². The Kier molecular flexibility index (Phi) is 2.48. The van der Waals surface area contributed by atoms with Crippen LogP contribution in [0.2, 0.25) is 0 Å². The highest BCUT2D eigenvalue weighted by molar-refractivity contribution is 6.12. The molecule has 14 heavy (non-hydrogen) atoms. The van der Waals surface area contributed by atoms with E-state index in [0.717, 1.165) is 19.3 Å². The third-order valence-electron chi connectivity index (χ3n) is 2.72. The molecule has 0 saturated heterocycles. The second-order valence-electron chi connectivity index (χ2n) is 3.77. The summed E-state index contributed by atoms with van der Waals surface area (Å²) in [5.41, 5.74) is 0. The van der Waals surface area contributed by atoms with Crippen LogP contribution in [0.25, 0.3) is 0 Å². The van der Waals surface area contributed by atoms with E-state index in [0.29, 0.717) is 12.5 Å². The van der Waals surface area contributed by atoms with Gasteiger partial charge in [0.2, 0.25) is 0 Å². The van der Waals surface area contributed by atoms with Crippen LogP contribution in [-0.4, -0.2) is 23.3 Å². The van der Waals surface area contributed by atoms with E-state index in [1.165, 1.54) is 17.1 Å². The third-order valence-corrected chi connectivity index (χ3v) is 2.72. The SMILES string of the molecule is O=C1C=CC(=O)N1CC1CC=CCC1. The summed E-state index contributed by atoms with van der Waals surface area (Å²) in [7, 11) is 0. The number of carbonyl (C=O) groups is 2. The molecule has 1 unspecified atom stereocenters. The first-order chi connectivity index (χ1) is 6.77. The van der Waals surface area contributed by atoms with Crippen molar-refractivity contribution >= 4 is 11.8 Å². The molecule has 1 atom stereocenters. The van der Waals surface area contributed by atoms with E-state index in [-0.39, 0.29) is 11.8 Å². The van der Waals surface area contributed by atoms with Crippen molar-refractivity contribution in [3.8, 4) is 0 Å². The van der Waals surface area contributed by atoms with Crippen LogP contribution in [0, 0.1) is 5.92 Å². The minimum Gasteiger partial charge on any atom is -0.275 e. The number of allylic oxidation sites excluding steroid dienone is 2. The quantitative estimate of drug-likeness (QED) is 0.487. The van der Waals surface area contributed by atoms with Gasteiger partial charge in [0.15, 0.2) is 0 Å². The zero-order valence-electron chi connectivity index (χ0n) is 7.98. The zero-order valence-corrected chi connectivity index (χ0v) is 7.98. The van der Waals surface area contributed by atoms with E-state index in [1.807, 2.05) is 0 Å². The normalized spacial score (nSPS) is 26.3. The molecule has 0 aromatic heterocycles. The van der Waals surface area contributed by atoms with Gasteiger partial charge in [-0.2, -0.15) is 0 Å². The van der Waals surface area contributed by atoms with Gasteiger partial charge in [-0.1, -0.05) is 12.2 Å². The molecule has 0 aromatic rings. The van der Waals surface area contributed by atoms with Gasteiger partial charge in [0.25, 0.3) is 11.8 Å². The molecular formula is C11H13NO2. The van der Waals surface area contributed by atoms with E-state index in [1.54, 1.807) is 0 Å². The lowest BCUT2D eigenvalue weighted by Crippen LogP contribution is -2.35. The van der Waals surface area contributed by atoms with Gasteiger partial charge < -0.3 is 0 Å². The predicted octanol–water partition coefficient (Wildman–Crippen LogP) is 1.27. The summed E-state index contributed by atoms with van der Waals surface area (Å²) in [4.78, 5) is 23.9. The molecular weight excluding hydrogens is 178 g/mol. The van der Waals surface area contributed by atoms with Gasteiger partial charge in [-0.05, 0) is 25.2 Å². The molecule has 0 bridgehead atoms. The molecule has 0 fully saturated rings. The number of nitrogens with zero attached hydrogens (tertiary/aromatic N) is 1. The van der Waals surface area contributed by atoms with Crippen LogP contribution in [-0.2, 0) is 9.59 Å². The van der Waals surface area contributed by atoms with E-state index in [2.05, 4.69) is 12.2 Å². The van der Waals surface area contributed by atoms with Crippen molar-refractivity contribution < 1.29 is 9.59 Å². The molecule has 0 aromatic carbocycles. The lowest BCUT2D eigenvalue weighted by molar-refractivity contribution is -0.137. The Morgan fingerprint density at radius 3 is 2.50 bits per heavy atom. The third kappa shape index (κ3) is 1.76. The van der Waals surface area contributed by atoms with Crippen molar-refractivity contribution in [1.29, 1.82) is 0 Å². The van der Waals surface area contributed by atoms with E-state index in [9.17, 15) is 9.59 Å². The fourth-order valence-electron chi connectivity index (χ4n) is 1.89. The number of amides is 2. The second-order valence-corrected chi connectivity index (χ2v) is 3.77. The van der Waals surface area contributed by atoms with Crippen molar-refractivity contribution in [2.24, 2.45) is 5.92 Å². The molecule has 1 aliphatic carbocycles. The molecule has 0 radical (unpaired) electrons. The summed E-state index contributed by atoms with van der Waals surface area (Å²) in [5, 5.41) is 0. The maximum atomic E-state index is 11.3. The van der Waals surface area contributed by atoms with Crippen molar-refractivity contribution in [2.45, 2.75) is 19.3 Å². The number of imide groups is 1. The number of hydrogen-bond donors (Lipinski definition) is 0. The second kappa shape index (κ2) is 3.78. The average molecular weight is 191 g/mol. The molecule has 74 valence electrons. The monoisotopic (exact) mass is 191 g/mol. The highest BCUT2D eigenvalue weighted by atomic mass is 16.2. The van der Waals surface area contributed by atoms with Crippen LogP contribution in [0.1, 0.15) is 19.3 Å². The molecule has 1 aliphatic heterocycles. The van der Waals surface area contributed by atoms with Gasteiger partial charge in [0, 0.05) is 18.7 Å². The Morgan fingerprint density at radius 2 is 1.93 bits per heavy atom. The van der Waals surface area contributed by atoms with Crippen LogP contribution >= 0.6 is 0 Å². The van der Waals surface area contributed by atoms with Crippen LogP contribution in [0.4, 0.5) is 0 Å². The first-order valence-electron chi connectivity index (χ1n) is 4.96. The van der Waals surface area contributed by atoms with Gasteiger partial charge in [-0.15, -0.1) is 0 Å². The molecule has 0 N–H and O–H groups in total. The summed E-state index contributed by atoms with van der Waals surface area (Å²) >= 11 is 0. The Labute approximate surface area is 83.1 Å². The summed E-state index contributed by atoms with van der Waals surface area (Å²) in [6.45, 7) is 0.578. The Morgan fingerprint density at radius 1 is 1.21 bits per heavy atom. The summed E-state index contributed by atoms with van der Waals surface area (Å²) < 4.78 is 0. The molecule has 2 amide bonds. The standard InChI is InChI=1S/C11H13NO2/c13-10-6-7-11(14)12(10)8-9-4-2-1-3-5-9/h1-2,6-7,9H,3-5,8H2. The van der Waals surface area contributed by atoms with Crippen LogP contribution in [0.5, 0.6) is 0 Å². The zero-order chi connectivity index (χ0) is 9.97. The maximum absolute atomic E-state index is 11.3. The molecule has 2 aliphatic rings. The van der Waals surface area contributed by atoms with Crippen LogP contribution in [0.15, 0.2) is 24.3 Å². The van der Waals surface area contributed by atoms with E-state index < -0.39 is 0 Å². The first-order valence-corrected chi connectivity index (χ1v) is 4.96. The fraction of sp³-hybridized carbons (Fsp3) is 0.455. The highest BCUT2D eigenvalue weighted by Gasteiger charge is 2.26. The van der Waals surface area contributed by atoms with Gasteiger partial charge in [-0.25, -0.2) is 0 Å². The van der Waals surface area contributed by atoms with Crippen molar-refractivity contribution in [3.63, 3.8) is 0 Å². The maximum Gasteiger partial charge on any atom is 0.253 e. The fourth-order valence-corrected chi connectivity index (χ4v) is 1.89. The highest BCUT2D eigenvalue weighted by Crippen LogP contribution is 2.20. The lowest BCUT2D eigenvalue weighted by atomic mass is 9.94. The molecule has 3 nitrogen and oxygen atoms in total. The summed E-state index contributed by atoms with van der Waals surface area (Å²) in [5.74, 6) is 0.127. The molecule has 2 rings (SSSR count). The van der Waals surface area contributed by atoms with Crippen LogP contribution in [0.3, 0.4) is 0 Å².